The second-order valence-corrected chi connectivity index (χ2v) is 3.06. The first-order valence-corrected chi connectivity index (χ1v) is 4.52. The van der Waals surface area contributed by atoms with Crippen molar-refractivity contribution in [3.8, 4) is 6.01 Å². The lowest BCUT2D eigenvalue weighted by atomic mass is 10.3. The van der Waals surface area contributed by atoms with Gasteiger partial charge in [-0.1, -0.05) is 0 Å². The molecule has 7 nitrogen and oxygen atoms in total. The number of rotatable bonds is 3. The van der Waals surface area contributed by atoms with Crippen molar-refractivity contribution in [2.24, 2.45) is 0 Å². The highest BCUT2D eigenvalue weighted by Gasteiger charge is 2.14. The normalized spacial score (nSPS) is 10.1. The van der Waals surface area contributed by atoms with E-state index in [1.807, 2.05) is 0 Å². The predicted molar refractivity (Wildman–Crippen MR) is 54.3 cm³/mol. The first-order chi connectivity index (χ1) is 7.70. The van der Waals surface area contributed by atoms with Gasteiger partial charge in [0, 0.05) is 5.56 Å². The van der Waals surface area contributed by atoms with Gasteiger partial charge in [-0.25, -0.2) is 5.10 Å². The SMILES string of the molecule is COc1n[nH]c(NC(=O)c2occc2C)n1. The van der Waals surface area contributed by atoms with Gasteiger partial charge in [0.1, 0.15) is 0 Å². The Hall–Kier alpha value is -2.31. The maximum atomic E-state index is 11.7. The average Bonchev–Trinajstić information content (AvgIpc) is 2.86. The molecule has 2 aromatic rings. The molecular formula is C9H10N4O3. The Morgan fingerprint density at radius 1 is 1.62 bits per heavy atom. The summed E-state index contributed by atoms with van der Waals surface area (Å²) in [6, 6.07) is 1.86. The number of methoxy groups -OCH3 is 1. The molecule has 1 amide bonds. The molecule has 0 bridgehead atoms. The van der Waals surface area contributed by atoms with Gasteiger partial charge in [-0.3, -0.25) is 10.1 Å². The van der Waals surface area contributed by atoms with Crippen LogP contribution in [0.4, 0.5) is 5.95 Å². The average molecular weight is 222 g/mol. The predicted octanol–water partition coefficient (Wildman–Crippen LogP) is 0.967. The summed E-state index contributed by atoms with van der Waals surface area (Å²) in [4.78, 5) is 15.5. The largest absolute Gasteiger partial charge is 0.466 e. The summed E-state index contributed by atoms with van der Waals surface area (Å²) in [5.74, 6) is 0.0642. The highest BCUT2D eigenvalue weighted by Crippen LogP contribution is 2.11. The smallest absolute Gasteiger partial charge is 0.336 e. The fraction of sp³-hybridized carbons (Fsp3) is 0.222. The third-order valence-electron chi connectivity index (χ3n) is 1.95. The van der Waals surface area contributed by atoms with Crippen molar-refractivity contribution in [1.29, 1.82) is 0 Å². The molecule has 84 valence electrons. The van der Waals surface area contributed by atoms with Gasteiger partial charge in [0.25, 0.3) is 5.91 Å². The minimum Gasteiger partial charge on any atom is -0.466 e. The number of furan rings is 1. The zero-order valence-electron chi connectivity index (χ0n) is 8.77. The number of carbonyl (C=O) groups is 1. The van der Waals surface area contributed by atoms with E-state index in [2.05, 4.69) is 20.5 Å². The van der Waals surface area contributed by atoms with Crippen LogP contribution in [0.3, 0.4) is 0 Å². The maximum Gasteiger partial charge on any atom is 0.336 e. The van der Waals surface area contributed by atoms with Crippen LogP contribution in [0.5, 0.6) is 6.01 Å². The first kappa shape index (κ1) is 10.2. The van der Waals surface area contributed by atoms with Crippen molar-refractivity contribution in [2.75, 3.05) is 12.4 Å². The van der Waals surface area contributed by atoms with Crippen LogP contribution in [0.1, 0.15) is 16.1 Å². The molecule has 0 aliphatic heterocycles. The van der Waals surface area contributed by atoms with Crippen molar-refractivity contribution in [1.82, 2.24) is 15.2 Å². The Labute approximate surface area is 90.8 Å². The molecule has 0 fully saturated rings. The number of nitrogens with one attached hydrogen (secondary N) is 2. The molecule has 2 N–H and O–H groups in total. The molecule has 0 spiro atoms. The number of nitrogens with zero attached hydrogens (tertiary/aromatic N) is 2. The van der Waals surface area contributed by atoms with E-state index in [9.17, 15) is 4.79 Å². The molecule has 0 aliphatic carbocycles. The molecule has 2 heterocycles. The number of hydrogen-bond donors (Lipinski definition) is 2. The second kappa shape index (κ2) is 4.05. The summed E-state index contributed by atoms with van der Waals surface area (Å²) in [6.07, 6.45) is 1.45. The third-order valence-corrected chi connectivity index (χ3v) is 1.95. The number of aromatic amines is 1. The number of carbonyl (C=O) groups excluding carboxylic acids is 1. The molecular weight excluding hydrogens is 212 g/mol. The van der Waals surface area contributed by atoms with Gasteiger partial charge < -0.3 is 9.15 Å². The van der Waals surface area contributed by atoms with Gasteiger partial charge in [-0.15, -0.1) is 5.10 Å². The minimum absolute atomic E-state index is 0.159. The number of amides is 1. The molecule has 0 radical (unpaired) electrons. The van der Waals surface area contributed by atoms with E-state index in [-0.39, 0.29) is 23.6 Å². The van der Waals surface area contributed by atoms with E-state index in [0.29, 0.717) is 0 Å². The topological polar surface area (TPSA) is 93.0 Å². The zero-order valence-corrected chi connectivity index (χ0v) is 8.77. The minimum atomic E-state index is -0.388. The lowest BCUT2D eigenvalue weighted by Crippen LogP contribution is -2.13. The number of hydrogen-bond acceptors (Lipinski definition) is 5. The molecule has 0 aromatic carbocycles. The summed E-state index contributed by atoms with van der Waals surface area (Å²) in [5.41, 5.74) is 0.754. The van der Waals surface area contributed by atoms with Crippen LogP contribution in [0.25, 0.3) is 0 Å². The zero-order chi connectivity index (χ0) is 11.5. The second-order valence-electron chi connectivity index (χ2n) is 3.06. The van der Waals surface area contributed by atoms with Crippen LogP contribution in [0, 0.1) is 6.92 Å². The Morgan fingerprint density at radius 2 is 2.44 bits per heavy atom. The molecule has 0 unspecified atom stereocenters. The van der Waals surface area contributed by atoms with Crippen LogP contribution >= 0.6 is 0 Å². The Morgan fingerprint density at radius 3 is 3.00 bits per heavy atom. The maximum absolute atomic E-state index is 11.7. The lowest BCUT2D eigenvalue weighted by Gasteiger charge is -1.98. The summed E-state index contributed by atoms with van der Waals surface area (Å²) in [5, 5.41) is 8.70. The summed E-state index contributed by atoms with van der Waals surface area (Å²) < 4.78 is 9.79. The van der Waals surface area contributed by atoms with Gasteiger partial charge in [0.2, 0.25) is 5.95 Å². The number of H-pyrrole nitrogens is 1. The van der Waals surface area contributed by atoms with Crippen LogP contribution in [0.2, 0.25) is 0 Å². The lowest BCUT2D eigenvalue weighted by molar-refractivity contribution is 0.0995. The van der Waals surface area contributed by atoms with Crippen molar-refractivity contribution < 1.29 is 13.9 Å². The number of aryl methyl sites for hydroxylation is 1. The van der Waals surface area contributed by atoms with Gasteiger partial charge in [0.15, 0.2) is 5.76 Å². The molecule has 16 heavy (non-hydrogen) atoms. The standard InChI is InChI=1S/C9H10N4O3/c1-5-3-4-16-6(5)7(14)10-8-11-9(15-2)13-12-8/h3-4H,1-2H3,(H2,10,11,12,13,14). The van der Waals surface area contributed by atoms with E-state index in [4.69, 9.17) is 9.15 Å². The summed E-state index contributed by atoms with van der Waals surface area (Å²) in [6.45, 7) is 1.78. The molecule has 0 saturated heterocycles. The van der Waals surface area contributed by atoms with Crippen molar-refractivity contribution in [2.45, 2.75) is 6.92 Å². The molecule has 0 saturated carbocycles. The fourth-order valence-corrected chi connectivity index (χ4v) is 1.16. The summed E-state index contributed by atoms with van der Waals surface area (Å²) >= 11 is 0. The number of anilines is 1. The highest BCUT2D eigenvalue weighted by atomic mass is 16.5. The summed E-state index contributed by atoms with van der Waals surface area (Å²) in [7, 11) is 1.44. The van der Waals surface area contributed by atoms with Gasteiger partial charge >= 0.3 is 6.01 Å². The van der Waals surface area contributed by atoms with Crippen LogP contribution in [-0.4, -0.2) is 28.2 Å². The Kier molecular flexibility index (Phi) is 2.59. The first-order valence-electron chi connectivity index (χ1n) is 4.52. The molecule has 2 aromatic heterocycles. The third kappa shape index (κ3) is 1.88. The van der Waals surface area contributed by atoms with Crippen LogP contribution < -0.4 is 10.1 Å². The van der Waals surface area contributed by atoms with Crippen LogP contribution in [0.15, 0.2) is 16.7 Å². The van der Waals surface area contributed by atoms with Gasteiger partial charge in [-0.2, -0.15) is 4.98 Å². The fourth-order valence-electron chi connectivity index (χ4n) is 1.16. The van der Waals surface area contributed by atoms with Crippen molar-refractivity contribution in [3.05, 3.63) is 23.7 Å². The quantitative estimate of drug-likeness (QED) is 0.806. The van der Waals surface area contributed by atoms with Crippen molar-refractivity contribution >= 4 is 11.9 Å². The Bertz CT molecular complexity index is 502. The monoisotopic (exact) mass is 222 g/mol. The highest BCUT2D eigenvalue weighted by molar-refractivity contribution is 6.02. The van der Waals surface area contributed by atoms with E-state index >= 15 is 0 Å². The van der Waals surface area contributed by atoms with E-state index < -0.39 is 0 Å². The van der Waals surface area contributed by atoms with Gasteiger partial charge in [0.05, 0.1) is 13.4 Å². The van der Waals surface area contributed by atoms with E-state index in [1.54, 1.807) is 13.0 Å². The van der Waals surface area contributed by atoms with E-state index in [1.165, 1.54) is 13.4 Å². The number of ether oxygens (including phenoxy) is 1. The van der Waals surface area contributed by atoms with Crippen LogP contribution in [-0.2, 0) is 0 Å². The molecule has 2 rings (SSSR count). The Balaban J connectivity index is 2.11. The molecule has 0 atom stereocenters. The molecule has 7 heteroatoms. The molecule has 0 aliphatic rings. The number of aromatic nitrogens is 3. The van der Waals surface area contributed by atoms with Crippen molar-refractivity contribution in [3.63, 3.8) is 0 Å². The van der Waals surface area contributed by atoms with Gasteiger partial charge in [-0.05, 0) is 13.0 Å². The van der Waals surface area contributed by atoms with E-state index in [0.717, 1.165) is 5.56 Å².